The molecule has 0 aliphatic heterocycles. The van der Waals surface area contributed by atoms with Crippen molar-refractivity contribution in [3.63, 3.8) is 0 Å². The lowest BCUT2D eigenvalue weighted by Crippen LogP contribution is -2.29. The Morgan fingerprint density at radius 2 is 1.05 bits per heavy atom. The highest BCUT2D eigenvalue weighted by molar-refractivity contribution is 7.47. The van der Waals surface area contributed by atoms with Crippen LogP contribution < -0.4 is 0 Å². The Morgan fingerprint density at radius 3 is 1.51 bits per heavy atom. The molecule has 0 amide bonds. The van der Waals surface area contributed by atoms with E-state index in [4.69, 9.17) is 14.0 Å². The summed E-state index contributed by atoms with van der Waals surface area (Å²) in [5, 5.41) is 0. The number of hydrogen-bond donors (Lipinski definition) is 1. The summed E-state index contributed by atoms with van der Waals surface area (Å²) in [6.07, 6.45) is 29.8. The summed E-state index contributed by atoms with van der Waals surface area (Å²) < 4.78 is 31.7. The summed E-state index contributed by atoms with van der Waals surface area (Å²) in [7, 11) is -3.19. The van der Waals surface area contributed by atoms with Gasteiger partial charge in [0.15, 0.2) is 6.10 Å². The predicted octanol–water partition coefficient (Wildman–Crippen LogP) is 10.2. The molecule has 0 aromatic carbocycles. The van der Waals surface area contributed by atoms with Gasteiger partial charge in [-0.2, -0.15) is 0 Å². The average Bonchev–Trinajstić information content (AvgIpc) is 2.99. The maximum atomic E-state index is 12.4. The number of unbranched alkanes of at least 4 members (excludes halogenated alkanes) is 19. The molecule has 0 rings (SSSR count). The Balaban J connectivity index is 4.09. The van der Waals surface area contributed by atoms with Crippen LogP contribution >= 0.6 is 7.82 Å². The molecule has 9 heteroatoms. The summed E-state index contributed by atoms with van der Waals surface area (Å²) >= 11 is 0. The summed E-state index contributed by atoms with van der Waals surface area (Å²) in [6, 6.07) is 0. The Morgan fingerprint density at radius 1 is 0.628 bits per heavy atom. The monoisotopic (exact) mass is 632 g/mol. The number of rotatable bonds is 32. The van der Waals surface area contributed by atoms with Crippen molar-refractivity contribution in [3.05, 3.63) is 12.2 Å². The zero-order valence-electron chi connectivity index (χ0n) is 27.9. The fourth-order valence-electron chi connectivity index (χ4n) is 4.77. The topological polar surface area (TPSA) is 108 Å². The molecule has 254 valence electrons. The van der Waals surface area contributed by atoms with Gasteiger partial charge in [-0.3, -0.25) is 18.6 Å². The summed E-state index contributed by atoms with van der Waals surface area (Å²) in [5.74, 6) is -0.813. The highest BCUT2D eigenvalue weighted by Crippen LogP contribution is 2.42. The minimum Gasteiger partial charge on any atom is -0.462 e. The van der Waals surface area contributed by atoms with Crippen LogP contribution in [0.4, 0.5) is 0 Å². The quantitative estimate of drug-likeness (QED) is 0.0338. The van der Waals surface area contributed by atoms with Gasteiger partial charge in [-0.25, -0.2) is 4.57 Å². The van der Waals surface area contributed by atoms with Crippen LogP contribution in [0.3, 0.4) is 0 Å². The lowest BCUT2D eigenvalue weighted by atomic mass is 10.1. The van der Waals surface area contributed by atoms with Crippen molar-refractivity contribution in [3.8, 4) is 0 Å². The Hall–Kier alpha value is -1.21. The molecule has 0 spiro atoms. The van der Waals surface area contributed by atoms with Gasteiger partial charge < -0.3 is 14.4 Å². The van der Waals surface area contributed by atoms with Crippen LogP contribution in [0, 0.1) is 0 Å². The molecule has 0 aromatic heterocycles. The van der Waals surface area contributed by atoms with Gasteiger partial charge in [0.25, 0.3) is 0 Å². The molecular weight excluding hydrogens is 567 g/mol. The number of ether oxygens (including phenoxy) is 2. The third kappa shape index (κ3) is 30.6. The first-order valence-corrected chi connectivity index (χ1v) is 18.9. The summed E-state index contributed by atoms with van der Waals surface area (Å²) in [6.45, 7) is 3.84. The molecule has 0 aliphatic carbocycles. The summed E-state index contributed by atoms with van der Waals surface area (Å²) in [5.41, 5.74) is 0. The van der Waals surface area contributed by atoms with Crippen molar-refractivity contribution in [2.45, 2.75) is 174 Å². The highest BCUT2D eigenvalue weighted by atomic mass is 31.2. The first-order chi connectivity index (χ1) is 20.8. The summed E-state index contributed by atoms with van der Waals surface area (Å²) in [4.78, 5) is 34.1. The SMILES string of the molecule is CCCCCCCC/C=C\CCCCCCCC(=O)OC(COC(=O)CCCCCCCCCCC)COP(=O)(O)OC. The van der Waals surface area contributed by atoms with Gasteiger partial charge >= 0.3 is 19.8 Å². The van der Waals surface area contributed by atoms with E-state index in [-0.39, 0.29) is 19.0 Å². The molecule has 0 aromatic rings. The van der Waals surface area contributed by atoms with E-state index in [1.54, 1.807) is 0 Å². The molecule has 0 saturated heterocycles. The number of carbonyl (C=O) groups is 2. The van der Waals surface area contributed by atoms with Gasteiger partial charge in [-0.1, -0.05) is 129 Å². The number of carbonyl (C=O) groups excluding carboxylic acids is 2. The largest absolute Gasteiger partial charge is 0.472 e. The first kappa shape index (κ1) is 41.8. The van der Waals surface area contributed by atoms with E-state index in [0.717, 1.165) is 58.5 Å². The number of phosphoric acid groups is 1. The van der Waals surface area contributed by atoms with E-state index >= 15 is 0 Å². The second-order valence-electron chi connectivity index (χ2n) is 11.7. The predicted molar refractivity (Wildman–Crippen MR) is 175 cm³/mol. The normalized spacial score (nSPS) is 13.7. The molecule has 0 fully saturated rings. The molecule has 0 saturated carbocycles. The first-order valence-electron chi connectivity index (χ1n) is 17.4. The number of allylic oxidation sites excluding steroid dienone is 2. The lowest BCUT2D eigenvalue weighted by Gasteiger charge is -2.19. The van der Waals surface area contributed by atoms with Gasteiger partial charge in [0, 0.05) is 20.0 Å². The van der Waals surface area contributed by atoms with Crippen molar-refractivity contribution in [1.29, 1.82) is 0 Å². The number of phosphoric ester groups is 1. The minimum absolute atomic E-state index is 0.224. The van der Waals surface area contributed by atoms with Gasteiger partial charge in [-0.05, 0) is 38.5 Å². The standard InChI is InChI=1S/C34H65O8P/c1-4-6-8-10-12-14-15-16-17-18-19-21-23-25-27-29-34(36)42-32(31-41-43(37,38)39-3)30-40-33(35)28-26-24-22-20-13-11-9-7-5-2/h16-17,32H,4-15,18-31H2,1-3H3,(H,37,38)/b17-16-. The van der Waals surface area contributed by atoms with E-state index in [1.807, 2.05) is 0 Å². The molecule has 0 bridgehead atoms. The fraction of sp³-hybridized carbons (Fsp3) is 0.882. The molecule has 0 radical (unpaired) electrons. The van der Waals surface area contributed by atoms with Crippen molar-refractivity contribution >= 4 is 19.8 Å². The van der Waals surface area contributed by atoms with Crippen LogP contribution in [-0.4, -0.2) is 43.3 Å². The fourth-order valence-corrected chi connectivity index (χ4v) is 5.23. The Kier molecular flexibility index (Phi) is 29.9. The molecule has 8 nitrogen and oxygen atoms in total. The maximum absolute atomic E-state index is 12.4. The maximum Gasteiger partial charge on any atom is 0.472 e. The second-order valence-corrected chi connectivity index (χ2v) is 13.2. The lowest BCUT2D eigenvalue weighted by molar-refractivity contribution is -0.161. The van der Waals surface area contributed by atoms with E-state index < -0.39 is 26.5 Å². The van der Waals surface area contributed by atoms with E-state index in [9.17, 15) is 19.0 Å². The Bertz CT molecular complexity index is 727. The Labute approximate surface area is 263 Å². The number of hydrogen-bond acceptors (Lipinski definition) is 7. The van der Waals surface area contributed by atoms with E-state index in [1.165, 1.54) is 83.5 Å². The van der Waals surface area contributed by atoms with Crippen molar-refractivity contribution in [2.24, 2.45) is 0 Å². The van der Waals surface area contributed by atoms with Gasteiger partial charge in [-0.15, -0.1) is 0 Å². The molecule has 2 atom stereocenters. The van der Waals surface area contributed by atoms with Crippen LogP contribution in [0.5, 0.6) is 0 Å². The average molecular weight is 633 g/mol. The van der Waals surface area contributed by atoms with Gasteiger partial charge in [0.1, 0.15) is 6.61 Å². The minimum atomic E-state index is -4.25. The van der Waals surface area contributed by atoms with Crippen LogP contribution in [0.2, 0.25) is 0 Å². The highest BCUT2D eigenvalue weighted by Gasteiger charge is 2.24. The van der Waals surface area contributed by atoms with Crippen molar-refractivity contribution in [2.75, 3.05) is 20.3 Å². The molecule has 1 N–H and O–H groups in total. The van der Waals surface area contributed by atoms with Gasteiger partial charge in [0.05, 0.1) is 6.61 Å². The smallest absolute Gasteiger partial charge is 0.462 e. The molecule has 0 aliphatic rings. The van der Waals surface area contributed by atoms with Gasteiger partial charge in [0.2, 0.25) is 0 Å². The van der Waals surface area contributed by atoms with Crippen molar-refractivity contribution < 1.29 is 37.6 Å². The molecule has 0 heterocycles. The van der Waals surface area contributed by atoms with E-state index in [0.29, 0.717) is 12.8 Å². The van der Waals surface area contributed by atoms with Crippen molar-refractivity contribution in [1.82, 2.24) is 0 Å². The number of esters is 2. The third-order valence-electron chi connectivity index (χ3n) is 7.51. The van der Waals surface area contributed by atoms with Crippen LogP contribution in [-0.2, 0) is 32.7 Å². The third-order valence-corrected chi connectivity index (χ3v) is 8.45. The molecule has 2 unspecified atom stereocenters. The van der Waals surface area contributed by atoms with E-state index in [2.05, 4.69) is 30.5 Å². The van der Waals surface area contributed by atoms with Crippen LogP contribution in [0.1, 0.15) is 168 Å². The second kappa shape index (κ2) is 30.8. The van der Waals surface area contributed by atoms with Crippen LogP contribution in [0.25, 0.3) is 0 Å². The molecular formula is C34H65O8P. The zero-order chi connectivity index (χ0) is 31.9. The zero-order valence-corrected chi connectivity index (χ0v) is 28.8. The molecule has 43 heavy (non-hydrogen) atoms. The van der Waals surface area contributed by atoms with Crippen LogP contribution in [0.15, 0.2) is 12.2 Å².